The van der Waals surface area contributed by atoms with Crippen LogP contribution in [0.2, 0.25) is 0 Å². The summed E-state index contributed by atoms with van der Waals surface area (Å²) in [6.45, 7) is 8.30. The average Bonchev–Trinajstić information content (AvgIpc) is 0.799. The molecule has 0 spiro atoms. The van der Waals surface area contributed by atoms with E-state index in [1.807, 2.05) is 109 Å². The predicted octanol–water partition coefficient (Wildman–Crippen LogP) is 15.4. The molecule has 39 heteroatoms. The molecule has 99 heavy (non-hydrogen) atoms. The zero-order chi connectivity index (χ0) is 73.8. The van der Waals surface area contributed by atoms with Gasteiger partial charge in [0.05, 0.1) is 82.3 Å². The van der Waals surface area contributed by atoms with Crippen molar-refractivity contribution >= 4 is 23.4 Å². The Morgan fingerprint density at radius 2 is 0.374 bits per heavy atom. The van der Waals surface area contributed by atoms with Gasteiger partial charge in [0.15, 0.2) is 0 Å². The van der Waals surface area contributed by atoms with E-state index in [9.17, 15) is 75.5 Å². The first-order valence-electron chi connectivity index (χ1n) is 29.4. The second kappa shape index (κ2) is 34.4. The van der Waals surface area contributed by atoms with Crippen molar-refractivity contribution in [3.8, 4) is 69.0 Å². The van der Waals surface area contributed by atoms with Gasteiger partial charge in [0.25, 0.3) is 0 Å². The number of quaternary nitrogens is 3. The summed E-state index contributed by atoms with van der Waals surface area (Å²) in [5.74, 6) is 8.53. The van der Waals surface area contributed by atoms with E-state index in [0.29, 0.717) is 153 Å². The Morgan fingerprint density at radius 3 is 0.515 bits per heavy atom. The molecule has 564 valence electrons. The van der Waals surface area contributed by atoms with Crippen molar-refractivity contribution < 1.29 is 163 Å². The summed E-state index contributed by atoms with van der Waals surface area (Å²) in [4.78, 5) is 0. The van der Waals surface area contributed by atoms with Crippen LogP contribution in [0, 0.1) is 0 Å². The van der Waals surface area contributed by atoms with E-state index >= 15 is 0 Å². The van der Waals surface area contributed by atoms with Crippen molar-refractivity contribution in [1.82, 2.24) is 0 Å². The Bertz CT molecular complexity index is 2970. The maximum atomic E-state index is 9.87. The molecule has 0 atom stereocenters. The molecule has 0 fully saturated rings. The van der Waals surface area contributed by atoms with E-state index in [1.54, 1.807) is 42.7 Å². The number of halogens is 18. The van der Waals surface area contributed by atoms with Crippen LogP contribution in [0.3, 0.4) is 0 Å². The van der Waals surface area contributed by atoms with Crippen LogP contribution in [0.1, 0.15) is 33.4 Å². The molecule has 0 saturated heterocycles. The van der Waals surface area contributed by atoms with Gasteiger partial charge in [-0.3, -0.25) is 0 Å². The summed E-state index contributed by atoms with van der Waals surface area (Å²) in [5, 5.41) is 6.62. The van der Waals surface area contributed by atoms with Crippen LogP contribution >= 0.6 is 23.4 Å². The topological polar surface area (TPSA) is 188 Å². The maximum absolute atomic E-state index is 10.7. The third kappa shape index (κ3) is 45.9. The van der Waals surface area contributed by atoms with Gasteiger partial charge in [-0.1, -0.05) is 0 Å². The monoisotopic (exact) mass is 1520 g/mol. The van der Waals surface area contributed by atoms with Crippen LogP contribution < -0.4 is 72.8 Å². The zero-order valence-corrected chi connectivity index (χ0v) is 56.8. The number of rotatable bonds is 18. The molecule has 0 unspecified atom stereocenters. The minimum atomic E-state index is -10.7. The summed E-state index contributed by atoms with van der Waals surface area (Å²) in [5.41, 5.74) is 6.34. The van der Waals surface area contributed by atoms with Gasteiger partial charge in [-0.05, 0) is 72.8 Å². The van der Waals surface area contributed by atoms with E-state index < -0.39 is 23.4 Å². The summed E-state index contributed by atoms with van der Waals surface area (Å²) in [7, 11) is -22.1. The van der Waals surface area contributed by atoms with E-state index in [-0.39, 0.29) is 0 Å². The SMILES string of the molecule is COc1cc(C[NH2+]Cc2cc3cc(c2)OCCOCCOc2cc(C[NH2+]Cc4cc(OC)cc(OC)c4)cc(c2)OCCOCCOc2cc(C[NH2+]Cc4cc(OC)cc(OC)c4)cc(c2)OCCOCCO3)cc(OC)c1.F[P-](F)(F)(F)(F)F.F[P-](F)(F)(F)(F)F.F[P-](F)(F)(F)(F)F. The minimum absolute atomic E-state index is 0.331. The van der Waals surface area contributed by atoms with E-state index in [0.717, 1.165) is 67.9 Å². The molecule has 0 amide bonds. The molecular weight excluding hydrogens is 1440 g/mol. The fraction of sp³-hybridized carbons (Fsp3) is 0.400. The number of hydrogen-bond acceptors (Lipinski definition) is 15. The summed E-state index contributed by atoms with van der Waals surface area (Å²) >= 11 is 0. The summed E-state index contributed by atoms with van der Waals surface area (Å²) in [6, 6.07) is 35.5. The van der Waals surface area contributed by atoms with Crippen LogP contribution in [0.25, 0.3) is 0 Å². The third-order valence-electron chi connectivity index (χ3n) is 12.3. The zero-order valence-electron chi connectivity index (χ0n) is 54.1. The van der Waals surface area contributed by atoms with Crippen molar-refractivity contribution in [1.29, 1.82) is 0 Å². The van der Waals surface area contributed by atoms with Crippen LogP contribution in [-0.4, -0.2) is 122 Å². The van der Waals surface area contributed by atoms with Crippen LogP contribution in [0.15, 0.2) is 109 Å². The van der Waals surface area contributed by atoms with Gasteiger partial charge in [0, 0.05) is 69.8 Å². The summed E-state index contributed by atoms with van der Waals surface area (Å²) in [6.07, 6.45) is 0. The van der Waals surface area contributed by atoms with Gasteiger partial charge in [0.2, 0.25) is 0 Å². The van der Waals surface area contributed by atoms with Crippen LogP contribution in [0.5, 0.6) is 69.0 Å². The molecule has 0 radical (unpaired) electrons. The van der Waals surface area contributed by atoms with E-state index in [1.165, 1.54) is 0 Å². The van der Waals surface area contributed by atoms with Crippen molar-refractivity contribution in [3.05, 3.63) is 143 Å². The fourth-order valence-electron chi connectivity index (χ4n) is 8.53. The van der Waals surface area contributed by atoms with Crippen LogP contribution in [-0.2, 0) is 53.5 Å². The Morgan fingerprint density at radius 1 is 0.232 bits per heavy atom. The Hall–Kier alpha value is -7.29. The molecule has 0 aliphatic carbocycles. The van der Waals surface area contributed by atoms with Gasteiger partial charge in [-0.25, -0.2) is 0 Å². The standard InChI is InChI=1S/C60H75N3O15.3F6P/c1-64-49-19-43(20-50(31-49)65-2)37-61-40-46-25-55-34-56(26-46)74-14-8-71-10-16-76-58-28-48(42-63-39-45-23-53(68-5)33-54(24-45)69-6)30-60(36-58)78-18-12-72-11-17-77-59-29-47(27-57(35-59)75-15-9-70-7-13-73-55)41-62-38-44-21-51(66-3)32-52(22-44)67-4;3*1-7(2,3,4,5)6/h19-36,61-63H,7-18,37-42H2,1-6H3;;;/q;3*-1/p+3. The number of nitrogens with two attached hydrogens (primary N) is 3. The Kier molecular flexibility index (Phi) is 29.2. The molecular formula is C60H78F18N3O15P3. The van der Waals surface area contributed by atoms with E-state index in [4.69, 9.17) is 71.1 Å². The first-order chi connectivity index (χ1) is 45.6. The van der Waals surface area contributed by atoms with Gasteiger partial charge >= 0.3 is 99.0 Å². The third-order valence-corrected chi connectivity index (χ3v) is 12.3. The molecule has 6 bridgehead atoms. The number of ether oxygens (including phenoxy) is 15. The van der Waals surface area contributed by atoms with Crippen molar-refractivity contribution in [2.75, 3.05) is 122 Å². The average molecular weight is 1520 g/mol. The molecule has 0 aromatic heterocycles. The van der Waals surface area contributed by atoms with Gasteiger partial charge in [0.1, 0.15) is 148 Å². The van der Waals surface area contributed by atoms with Gasteiger partial charge in [-0.2, -0.15) is 0 Å². The second-order valence-electron chi connectivity index (χ2n) is 21.0. The molecule has 1 heterocycles. The van der Waals surface area contributed by atoms with Gasteiger partial charge in [-0.15, -0.1) is 0 Å². The first kappa shape index (κ1) is 84.1. The Balaban J connectivity index is 0.000000856. The molecule has 7 rings (SSSR count). The number of hydrogen-bond donors (Lipinski definition) is 3. The van der Waals surface area contributed by atoms with Crippen molar-refractivity contribution in [2.45, 2.75) is 39.3 Å². The van der Waals surface area contributed by atoms with Crippen molar-refractivity contribution in [3.63, 3.8) is 0 Å². The number of methoxy groups -OCH3 is 6. The molecule has 18 nitrogen and oxygen atoms in total. The van der Waals surface area contributed by atoms with Crippen LogP contribution in [0.4, 0.5) is 75.5 Å². The molecule has 1 aliphatic rings. The first-order valence-corrected chi connectivity index (χ1v) is 35.5. The number of fused-ring (bicyclic) bond motifs is 6. The number of benzene rings is 6. The van der Waals surface area contributed by atoms with Crippen molar-refractivity contribution in [2.24, 2.45) is 0 Å². The predicted molar refractivity (Wildman–Crippen MR) is 332 cm³/mol. The normalized spacial score (nSPS) is 16.0. The molecule has 6 aromatic carbocycles. The molecule has 6 aromatic rings. The fourth-order valence-corrected chi connectivity index (χ4v) is 8.53. The quantitative estimate of drug-likeness (QED) is 0.0544. The van der Waals surface area contributed by atoms with Gasteiger partial charge < -0.3 is 87.0 Å². The second-order valence-corrected chi connectivity index (χ2v) is 26.7. The Labute approximate surface area is 557 Å². The van der Waals surface area contributed by atoms with E-state index in [2.05, 4.69) is 16.0 Å². The molecule has 6 N–H and O–H groups in total. The molecule has 0 saturated carbocycles. The summed E-state index contributed by atoms with van der Waals surface area (Å²) < 4.78 is 266. The molecule has 1 aliphatic heterocycles.